The Kier molecular flexibility index (Phi) is 11.2. The Balaban J connectivity index is -0.000000230. The Morgan fingerprint density at radius 1 is 1.00 bits per heavy atom. The van der Waals surface area contributed by atoms with E-state index in [1.165, 1.54) is 13.8 Å². The molecule has 0 saturated heterocycles. The number of alkyl halides is 4. The van der Waals surface area contributed by atoms with Crippen LogP contribution in [0.2, 0.25) is 0 Å². The van der Waals surface area contributed by atoms with E-state index >= 15 is 0 Å². The quantitative estimate of drug-likeness (QED) is 0.766. The monoisotopic (exact) mass is 312 g/mol. The molecular formula is C12H22F6O2. The van der Waals surface area contributed by atoms with Crippen molar-refractivity contribution in [2.75, 3.05) is 0 Å². The minimum Gasteiger partial charge on any atom is -0.390 e. The van der Waals surface area contributed by atoms with Crippen LogP contribution < -0.4 is 0 Å². The Bertz CT molecular complexity index is 245. The smallest absolute Gasteiger partial charge is 0.272 e. The Hall–Kier alpha value is -0.760. The summed E-state index contributed by atoms with van der Waals surface area (Å²) in [6.45, 7) is 7.78. The lowest BCUT2D eigenvalue weighted by atomic mass is 10.0. The summed E-state index contributed by atoms with van der Waals surface area (Å²) in [6.07, 6.45) is -4.69. The standard InChI is InChI=1S/2C5H10F2O.C2H2F2/c1-5(2,8)3-4(6)7;1-4(2,8)5(3,6)7;1-2(3)4/h4,8H,3H2,1-2H3;8H,1-3H3;1H2. The van der Waals surface area contributed by atoms with E-state index in [0.717, 1.165) is 13.8 Å². The fourth-order valence-corrected chi connectivity index (χ4v) is 0.378. The third-order valence-corrected chi connectivity index (χ3v) is 1.73. The molecule has 2 N–H and O–H groups in total. The fourth-order valence-electron chi connectivity index (χ4n) is 0.378. The molecule has 0 spiro atoms. The second-order valence-corrected chi connectivity index (χ2v) is 5.19. The van der Waals surface area contributed by atoms with Crippen LogP contribution in [0.25, 0.3) is 0 Å². The molecular weight excluding hydrogens is 290 g/mol. The fraction of sp³-hybridized carbons (Fsp3) is 0.833. The van der Waals surface area contributed by atoms with E-state index in [-0.39, 0.29) is 0 Å². The van der Waals surface area contributed by atoms with Crippen LogP contribution in [-0.2, 0) is 0 Å². The van der Waals surface area contributed by atoms with E-state index in [2.05, 4.69) is 6.58 Å². The van der Waals surface area contributed by atoms with Crippen molar-refractivity contribution in [2.45, 2.75) is 64.6 Å². The van der Waals surface area contributed by atoms with Crippen molar-refractivity contribution < 1.29 is 36.6 Å². The Morgan fingerprint density at radius 3 is 1.20 bits per heavy atom. The summed E-state index contributed by atoms with van der Waals surface area (Å²) in [5, 5.41) is 17.3. The van der Waals surface area contributed by atoms with Crippen LogP contribution in [0.5, 0.6) is 0 Å². The molecule has 0 aliphatic rings. The van der Waals surface area contributed by atoms with Gasteiger partial charge in [0.15, 0.2) is 0 Å². The van der Waals surface area contributed by atoms with Gasteiger partial charge in [-0.25, -0.2) is 17.6 Å². The van der Waals surface area contributed by atoms with E-state index < -0.39 is 36.1 Å². The molecule has 0 radical (unpaired) electrons. The maximum absolute atomic E-state index is 12.0. The van der Waals surface area contributed by atoms with Gasteiger partial charge in [-0.05, 0) is 34.3 Å². The van der Waals surface area contributed by atoms with E-state index in [9.17, 15) is 26.3 Å². The van der Waals surface area contributed by atoms with Crippen molar-refractivity contribution >= 4 is 0 Å². The molecule has 0 saturated carbocycles. The van der Waals surface area contributed by atoms with Crippen LogP contribution in [0.3, 0.4) is 0 Å². The number of hydrogen-bond acceptors (Lipinski definition) is 2. The molecule has 2 nitrogen and oxygen atoms in total. The first-order valence-electron chi connectivity index (χ1n) is 5.50. The lowest BCUT2D eigenvalue weighted by Crippen LogP contribution is -2.39. The van der Waals surface area contributed by atoms with Crippen LogP contribution >= 0.6 is 0 Å². The molecule has 8 heteroatoms. The molecule has 0 rings (SSSR count). The van der Waals surface area contributed by atoms with Gasteiger partial charge in [-0.2, -0.15) is 8.78 Å². The second-order valence-electron chi connectivity index (χ2n) is 5.19. The highest BCUT2D eigenvalue weighted by molar-refractivity contribution is 4.79. The predicted molar refractivity (Wildman–Crippen MR) is 65.2 cm³/mol. The molecule has 0 unspecified atom stereocenters. The molecule has 0 atom stereocenters. The maximum atomic E-state index is 12.0. The zero-order valence-corrected chi connectivity index (χ0v) is 12.2. The van der Waals surface area contributed by atoms with Gasteiger partial charge >= 0.3 is 0 Å². The van der Waals surface area contributed by atoms with Crippen LogP contribution in [0.15, 0.2) is 12.7 Å². The molecule has 0 aliphatic carbocycles. The SMILES string of the molecule is C=C(F)F.CC(C)(O)C(C)(F)F.CC(C)(O)CC(F)F. The van der Waals surface area contributed by atoms with Gasteiger partial charge in [0.25, 0.3) is 12.0 Å². The van der Waals surface area contributed by atoms with Crippen molar-refractivity contribution in [3.63, 3.8) is 0 Å². The van der Waals surface area contributed by atoms with E-state index in [1.54, 1.807) is 0 Å². The van der Waals surface area contributed by atoms with Crippen molar-refractivity contribution in [3.8, 4) is 0 Å². The third kappa shape index (κ3) is 25.9. The summed E-state index contributed by atoms with van der Waals surface area (Å²) in [4.78, 5) is 0. The predicted octanol–water partition coefficient (Wildman–Crippen LogP) is 4.22. The van der Waals surface area contributed by atoms with Crippen molar-refractivity contribution in [1.29, 1.82) is 0 Å². The largest absolute Gasteiger partial charge is 0.390 e. The van der Waals surface area contributed by atoms with Gasteiger partial charge in [-0.15, -0.1) is 0 Å². The molecule has 20 heavy (non-hydrogen) atoms. The molecule has 0 heterocycles. The summed E-state index contributed by atoms with van der Waals surface area (Å²) < 4.78 is 67.0. The zero-order valence-electron chi connectivity index (χ0n) is 12.2. The minimum absolute atomic E-state index is 0.451. The summed E-state index contributed by atoms with van der Waals surface area (Å²) in [5.41, 5.74) is -3.12. The molecule has 0 aromatic heterocycles. The summed E-state index contributed by atoms with van der Waals surface area (Å²) in [7, 11) is 0. The summed E-state index contributed by atoms with van der Waals surface area (Å²) in [6, 6.07) is 0. The van der Waals surface area contributed by atoms with Crippen LogP contribution in [-0.4, -0.2) is 33.8 Å². The van der Waals surface area contributed by atoms with E-state index in [4.69, 9.17) is 10.2 Å². The average molecular weight is 312 g/mol. The zero-order chi connectivity index (χ0) is 17.4. The van der Waals surface area contributed by atoms with Crippen LogP contribution in [0, 0.1) is 0 Å². The molecule has 0 bridgehead atoms. The summed E-state index contributed by atoms with van der Waals surface area (Å²) in [5.74, 6) is -3.01. The number of aliphatic hydroxyl groups is 2. The van der Waals surface area contributed by atoms with Crippen molar-refractivity contribution in [1.82, 2.24) is 0 Å². The summed E-state index contributed by atoms with van der Waals surface area (Å²) >= 11 is 0. The van der Waals surface area contributed by atoms with Gasteiger partial charge in [0.05, 0.1) is 5.60 Å². The second kappa shape index (κ2) is 9.23. The number of rotatable bonds is 3. The maximum Gasteiger partial charge on any atom is 0.272 e. The van der Waals surface area contributed by atoms with Gasteiger partial charge in [0.1, 0.15) is 5.60 Å². The molecule has 0 aromatic rings. The highest BCUT2D eigenvalue weighted by Crippen LogP contribution is 2.26. The lowest BCUT2D eigenvalue weighted by molar-refractivity contribution is -0.148. The van der Waals surface area contributed by atoms with Crippen LogP contribution in [0.1, 0.15) is 41.0 Å². The highest BCUT2D eigenvalue weighted by Gasteiger charge is 2.39. The first-order chi connectivity index (χ1) is 8.40. The van der Waals surface area contributed by atoms with Gasteiger partial charge in [0, 0.05) is 13.3 Å². The molecule has 0 fully saturated rings. The average Bonchev–Trinajstić information content (AvgIpc) is 1.92. The van der Waals surface area contributed by atoms with Crippen molar-refractivity contribution in [3.05, 3.63) is 12.7 Å². The normalized spacial score (nSPS) is 12.1. The molecule has 0 aliphatic heterocycles. The Morgan fingerprint density at radius 2 is 1.20 bits per heavy atom. The van der Waals surface area contributed by atoms with Gasteiger partial charge < -0.3 is 10.2 Å². The minimum atomic E-state index is -3.01. The lowest BCUT2D eigenvalue weighted by Gasteiger charge is -2.24. The van der Waals surface area contributed by atoms with Gasteiger partial charge in [0.2, 0.25) is 6.43 Å². The number of halogens is 6. The molecule has 0 amide bonds. The highest BCUT2D eigenvalue weighted by atomic mass is 19.3. The first-order valence-corrected chi connectivity index (χ1v) is 5.50. The van der Waals surface area contributed by atoms with Gasteiger partial charge in [-0.1, -0.05) is 0 Å². The number of hydrogen-bond donors (Lipinski definition) is 2. The van der Waals surface area contributed by atoms with Crippen molar-refractivity contribution in [2.24, 2.45) is 0 Å². The van der Waals surface area contributed by atoms with Gasteiger partial charge in [-0.3, -0.25) is 0 Å². The molecule has 124 valence electrons. The topological polar surface area (TPSA) is 40.5 Å². The van der Waals surface area contributed by atoms with E-state index in [0.29, 0.717) is 6.92 Å². The third-order valence-electron chi connectivity index (χ3n) is 1.73. The molecule has 0 aromatic carbocycles. The Labute approximate surface area is 115 Å². The first kappa shape index (κ1) is 24.3. The van der Waals surface area contributed by atoms with E-state index in [1.807, 2.05) is 0 Å². The van der Waals surface area contributed by atoms with Crippen LogP contribution in [0.4, 0.5) is 26.3 Å².